The number of nitrogens with two attached hydrogens (primary N) is 3. The Bertz CT molecular complexity index is 2460. The van der Waals surface area contributed by atoms with Crippen molar-refractivity contribution in [2.45, 2.75) is 84.0 Å². The van der Waals surface area contributed by atoms with Crippen molar-refractivity contribution in [3.8, 4) is 11.5 Å². The van der Waals surface area contributed by atoms with E-state index in [4.69, 9.17) is 31.4 Å². The summed E-state index contributed by atoms with van der Waals surface area (Å²) in [5.74, 6) is -3.33. The molecule has 360 valence electrons. The van der Waals surface area contributed by atoms with Crippen LogP contribution in [0.1, 0.15) is 68.9 Å². The zero-order valence-corrected chi connectivity index (χ0v) is 38.5. The molecule has 4 rings (SSSR count). The van der Waals surface area contributed by atoms with Crippen LogP contribution in [0.2, 0.25) is 0 Å². The minimum Gasteiger partial charge on any atom is -0.482 e. The molecule has 8 N–H and O–H groups in total. The molecule has 0 saturated carbocycles. The molecule has 3 atom stereocenters. The van der Waals surface area contributed by atoms with Crippen LogP contribution in [0.25, 0.3) is 0 Å². The third-order valence-electron chi connectivity index (χ3n) is 10.5. The minimum absolute atomic E-state index is 0.0283. The van der Waals surface area contributed by atoms with Crippen molar-refractivity contribution in [2.24, 2.45) is 17.2 Å². The van der Waals surface area contributed by atoms with E-state index in [1.807, 2.05) is 0 Å². The van der Waals surface area contributed by atoms with Crippen LogP contribution in [0.15, 0.2) is 82.4 Å². The predicted octanol–water partition coefficient (Wildman–Crippen LogP) is 1.64. The number of Topliss-reactive ketones (excluding diaryl/α,β-unsaturated/α-hetero) is 2. The van der Waals surface area contributed by atoms with E-state index in [2.05, 4.69) is 0 Å². The Morgan fingerprint density at radius 1 is 0.682 bits per heavy atom. The molecule has 0 amide bonds. The first kappa shape index (κ1) is 53.0. The summed E-state index contributed by atoms with van der Waals surface area (Å²) in [6.07, 6.45) is 0.496. The number of carbonyl (C=O) groups is 3. The number of benzene rings is 2. The van der Waals surface area contributed by atoms with Crippen LogP contribution in [0, 0.1) is 13.8 Å². The second-order valence-corrected chi connectivity index (χ2v) is 19.0. The molecule has 0 aliphatic rings. The van der Waals surface area contributed by atoms with Crippen LogP contribution in [0.3, 0.4) is 0 Å². The number of aryl methyl sites for hydroxylation is 2. The van der Waals surface area contributed by atoms with Crippen LogP contribution < -0.4 is 37.8 Å². The lowest BCUT2D eigenvalue weighted by Crippen LogP contribution is -2.52. The zero-order valence-electron chi connectivity index (χ0n) is 36.8. The normalized spacial score (nSPS) is 13.2. The lowest BCUT2D eigenvalue weighted by atomic mass is 10.0. The summed E-state index contributed by atoms with van der Waals surface area (Å²) in [7, 11) is -8.64. The van der Waals surface area contributed by atoms with Crippen LogP contribution in [-0.4, -0.2) is 114 Å². The highest BCUT2D eigenvalue weighted by molar-refractivity contribution is 7.86. The molecular formula is C44H58N6O14S2. The molecule has 20 nitrogen and oxygen atoms in total. The number of rotatable bonds is 29. The van der Waals surface area contributed by atoms with Crippen LogP contribution in [-0.2, 0) is 56.1 Å². The quantitative estimate of drug-likeness (QED) is 0.0224. The molecule has 2 aromatic heterocycles. The van der Waals surface area contributed by atoms with Gasteiger partial charge in [0.15, 0.2) is 23.1 Å². The Kier molecular flexibility index (Phi) is 19.9. The molecule has 0 bridgehead atoms. The molecule has 3 unspecified atom stereocenters. The van der Waals surface area contributed by atoms with Gasteiger partial charge in [-0.1, -0.05) is 60.7 Å². The Morgan fingerprint density at radius 3 is 1.47 bits per heavy atom. The SMILES string of the molecule is Cc1cc(C(=O)C(N)CN(CC(N)CCCOC=O)CC(N)C(=O)c2cc(C)n(CCCS(=O)(=O)O)c(=O)c2OCc2ccccc2)c(OCc2ccccc2)c(=O)n1CCCS(=O)(=O)O. The number of ether oxygens (including phenoxy) is 3. The monoisotopic (exact) mass is 958 g/mol. The Hall–Kier alpha value is -5.59. The Balaban J connectivity index is 1.68. The van der Waals surface area contributed by atoms with Gasteiger partial charge < -0.3 is 40.5 Å². The lowest BCUT2D eigenvalue weighted by Gasteiger charge is -2.30. The molecule has 0 aliphatic carbocycles. The van der Waals surface area contributed by atoms with Crippen LogP contribution in [0.4, 0.5) is 0 Å². The van der Waals surface area contributed by atoms with Crippen molar-refractivity contribution in [3.05, 3.63) is 127 Å². The van der Waals surface area contributed by atoms with E-state index >= 15 is 0 Å². The van der Waals surface area contributed by atoms with Gasteiger partial charge in [0.2, 0.25) is 0 Å². The molecule has 2 heterocycles. The summed E-state index contributed by atoms with van der Waals surface area (Å²) in [6, 6.07) is 17.1. The number of nitrogens with zero attached hydrogens (tertiary/aromatic N) is 3. The van der Waals surface area contributed by atoms with Gasteiger partial charge in [0.1, 0.15) is 13.2 Å². The summed E-state index contributed by atoms with van der Waals surface area (Å²) >= 11 is 0. The first-order chi connectivity index (χ1) is 31.2. The predicted molar refractivity (Wildman–Crippen MR) is 245 cm³/mol. The molecule has 0 saturated heterocycles. The number of carbonyl (C=O) groups excluding carboxylic acids is 3. The Labute approximate surface area is 383 Å². The minimum atomic E-state index is -4.32. The van der Waals surface area contributed by atoms with E-state index in [1.165, 1.54) is 21.3 Å². The van der Waals surface area contributed by atoms with Crippen molar-refractivity contribution < 1.29 is 54.5 Å². The van der Waals surface area contributed by atoms with Crippen molar-refractivity contribution in [1.82, 2.24) is 14.0 Å². The van der Waals surface area contributed by atoms with Gasteiger partial charge in [-0.25, -0.2) is 0 Å². The molecule has 22 heteroatoms. The smallest absolute Gasteiger partial charge is 0.293 e. The molecule has 0 radical (unpaired) electrons. The second-order valence-electron chi connectivity index (χ2n) is 15.8. The first-order valence-electron chi connectivity index (χ1n) is 21.0. The van der Waals surface area contributed by atoms with Crippen LogP contribution in [0.5, 0.6) is 11.5 Å². The van der Waals surface area contributed by atoms with E-state index in [1.54, 1.807) is 79.4 Å². The summed E-state index contributed by atoms with van der Waals surface area (Å²) in [5, 5.41) is 0. The molecule has 0 spiro atoms. The average Bonchev–Trinajstić information content (AvgIpc) is 3.25. The highest BCUT2D eigenvalue weighted by Crippen LogP contribution is 2.22. The maximum atomic E-state index is 14.3. The fraction of sp³-hybridized carbons (Fsp3) is 0.432. The maximum absolute atomic E-state index is 14.3. The van der Waals surface area contributed by atoms with Crippen molar-refractivity contribution in [1.29, 1.82) is 0 Å². The standard InChI is InChI=1S/C44H58N6O14S2/c1-30-22-35(41(63-27-32-12-5-3-6-13-32)43(54)49(30)17-10-20-65(56,57)58)39(52)37(46)25-48(24-34(45)16-9-19-62-29-51)26-38(47)40(53)36-23-31(2)50(18-11-21-66(59,60)61)44(55)42(36)64-28-33-14-7-4-8-15-33/h3-8,12-15,22-23,29,34,37-38H,9-11,16-21,24-28,45-47H2,1-2H3,(H,56,57,58)(H,59,60,61). The summed E-state index contributed by atoms with van der Waals surface area (Å²) in [4.78, 5) is 68.9. The van der Waals surface area contributed by atoms with Crippen molar-refractivity contribution in [2.75, 3.05) is 37.7 Å². The largest absolute Gasteiger partial charge is 0.482 e. The van der Waals surface area contributed by atoms with Crippen LogP contribution >= 0.6 is 0 Å². The average molecular weight is 959 g/mol. The van der Waals surface area contributed by atoms with E-state index in [-0.39, 0.29) is 99.4 Å². The van der Waals surface area contributed by atoms with Gasteiger partial charge in [-0.2, -0.15) is 16.8 Å². The van der Waals surface area contributed by atoms with Gasteiger partial charge in [-0.15, -0.1) is 0 Å². The fourth-order valence-electron chi connectivity index (χ4n) is 7.22. The summed E-state index contributed by atoms with van der Waals surface area (Å²) in [5.41, 5.74) is 19.9. The molecule has 0 aliphatic heterocycles. The lowest BCUT2D eigenvalue weighted by molar-refractivity contribution is -0.128. The highest BCUT2D eigenvalue weighted by atomic mass is 32.2. The number of pyridine rings is 2. The van der Waals surface area contributed by atoms with E-state index in [0.717, 1.165) is 0 Å². The summed E-state index contributed by atoms with van der Waals surface area (Å²) < 4.78 is 83.4. The van der Waals surface area contributed by atoms with Crippen molar-refractivity contribution >= 4 is 38.3 Å². The third-order valence-corrected chi connectivity index (χ3v) is 12.1. The van der Waals surface area contributed by atoms with Gasteiger partial charge in [0.05, 0.1) is 41.3 Å². The number of aromatic nitrogens is 2. The molecule has 4 aromatic rings. The van der Waals surface area contributed by atoms with Gasteiger partial charge in [0.25, 0.3) is 37.8 Å². The fourth-order valence-corrected chi connectivity index (χ4v) is 8.20. The molecule has 66 heavy (non-hydrogen) atoms. The second kappa shape index (κ2) is 24.8. The highest BCUT2D eigenvalue weighted by Gasteiger charge is 2.30. The topological polar surface area (TPSA) is 313 Å². The molecule has 2 aromatic carbocycles. The number of ketones is 2. The first-order valence-corrected chi connectivity index (χ1v) is 24.3. The van der Waals surface area contributed by atoms with Gasteiger partial charge in [0, 0.05) is 50.2 Å². The van der Waals surface area contributed by atoms with Gasteiger partial charge >= 0.3 is 0 Å². The maximum Gasteiger partial charge on any atom is 0.293 e. The molecular weight excluding hydrogens is 901 g/mol. The van der Waals surface area contributed by atoms with E-state index in [9.17, 15) is 49.9 Å². The molecule has 0 fully saturated rings. The van der Waals surface area contributed by atoms with Gasteiger partial charge in [-0.05, 0) is 62.8 Å². The number of hydrogen-bond donors (Lipinski definition) is 5. The van der Waals surface area contributed by atoms with E-state index < -0.39 is 72.6 Å². The Morgan fingerprint density at radius 2 is 1.09 bits per heavy atom. The van der Waals surface area contributed by atoms with Gasteiger partial charge in [-0.3, -0.25) is 38.0 Å². The zero-order chi connectivity index (χ0) is 48.6. The number of hydrogen-bond acceptors (Lipinski definition) is 16. The third kappa shape index (κ3) is 16.4. The van der Waals surface area contributed by atoms with Crippen molar-refractivity contribution in [3.63, 3.8) is 0 Å². The van der Waals surface area contributed by atoms with E-state index in [0.29, 0.717) is 30.4 Å². The summed E-state index contributed by atoms with van der Waals surface area (Å²) in [6.45, 7) is 2.54.